The van der Waals surface area contributed by atoms with Crippen LogP contribution in [0.3, 0.4) is 0 Å². The SMILES string of the molecule is O=C(O)C1(C2CCS(=O)(=O)C2)CCCCC1=O. The Morgan fingerprint density at radius 2 is 2.06 bits per heavy atom. The first-order valence-corrected chi connectivity index (χ1v) is 7.68. The van der Waals surface area contributed by atoms with Crippen LogP contribution in [0.15, 0.2) is 0 Å². The van der Waals surface area contributed by atoms with Crippen LogP contribution in [0.4, 0.5) is 0 Å². The van der Waals surface area contributed by atoms with Crippen LogP contribution in [0.1, 0.15) is 32.1 Å². The number of carbonyl (C=O) groups excluding carboxylic acids is 1. The largest absolute Gasteiger partial charge is 0.480 e. The fraction of sp³-hybridized carbons (Fsp3) is 0.818. The molecule has 1 heterocycles. The van der Waals surface area contributed by atoms with Crippen molar-refractivity contribution in [3.8, 4) is 0 Å². The van der Waals surface area contributed by atoms with Crippen molar-refractivity contribution in [3.05, 3.63) is 0 Å². The van der Waals surface area contributed by atoms with E-state index in [1.165, 1.54) is 0 Å². The van der Waals surface area contributed by atoms with Crippen molar-refractivity contribution < 1.29 is 23.1 Å². The Bertz CT molecular complexity index is 452. The molecule has 2 atom stereocenters. The van der Waals surface area contributed by atoms with Gasteiger partial charge in [0.1, 0.15) is 11.2 Å². The van der Waals surface area contributed by atoms with Gasteiger partial charge in [0.05, 0.1) is 11.5 Å². The van der Waals surface area contributed by atoms with Gasteiger partial charge >= 0.3 is 5.97 Å². The van der Waals surface area contributed by atoms with Crippen molar-refractivity contribution in [3.63, 3.8) is 0 Å². The van der Waals surface area contributed by atoms with Gasteiger partial charge in [-0.05, 0) is 25.2 Å². The molecule has 5 nitrogen and oxygen atoms in total. The van der Waals surface area contributed by atoms with E-state index < -0.39 is 27.1 Å². The van der Waals surface area contributed by atoms with Crippen molar-refractivity contribution in [1.29, 1.82) is 0 Å². The number of hydrogen-bond donors (Lipinski definition) is 1. The second kappa shape index (κ2) is 4.08. The average molecular weight is 260 g/mol. The summed E-state index contributed by atoms with van der Waals surface area (Å²) in [5.41, 5.74) is -1.43. The van der Waals surface area contributed by atoms with Crippen molar-refractivity contribution in [1.82, 2.24) is 0 Å². The Morgan fingerprint density at radius 1 is 1.35 bits per heavy atom. The van der Waals surface area contributed by atoms with Gasteiger partial charge in [0, 0.05) is 6.42 Å². The number of ketones is 1. The number of rotatable bonds is 2. The minimum absolute atomic E-state index is 0.0139. The molecule has 0 amide bonds. The maximum atomic E-state index is 12.0. The zero-order valence-corrected chi connectivity index (χ0v) is 10.3. The fourth-order valence-corrected chi connectivity index (χ4v) is 4.94. The van der Waals surface area contributed by atoms with Crippen molar-refractivity contribution in [2.24, 2.45) is 11.3 Å². The molecular weight excluding hydrogens is 244 g/mol. The molecule has 2 unspecified atom stereocenters. The molecule has 0 aromatic heterocycles. The summed E-state index contributed by atoms with van der Waals surface area (Å²) in [6.07, 6.45) is 2.27. The van der Waals surface area contributed by atoms with Gasteiger partial charge in [-0.3, -0.25) is 9.59 Å². The third kappa shape index (κ3) is 1.99. The zero-order valence-electron chi connectivity index (χ0n) is 9.52. The van der Waals surface area contributed by atoms with Gasteiger partial charge in [-0.15, -0.1) is 0 Å². The van der Waals surface area contributed by atoms with E-state index in [1.807, 2.05) is 0 Å². The monoisotopic (exact) mass is 260 g/mol. The van der Waals surface area contributed by atoms with Gasteiger partial charge in [-0.1, -0.05) is 6.42 Å². The van der Waals surface area contributed by atoms with Crippen LogP contribution in [0.2, 0.25) is 0 Å². The normalized spacial score (nSPS) is 36.9. The number of aliphatic carboxylic acids is 1. The molecule has 1 saturated heterocycles. The lowest BCUT2D eigenvalue weighted by atomic mass is 9.65. The lowest BCUT2D eigenvalue weighted by Gasteiger charge is -2.36. The average Bonchev–Trinajstić information content (AvgIpc) is 2.59. The molecular formula is C11H16O5S. The molecule has 0 aromatic rings. The number of carbonyl (C=O) groups is 2. The van der Waals surface area contributed by atoms with E-state index in [1.54, 1.807) is 0 Å². The topological polar surface area (TPSA) is 88.5 Å². The highest BCUT2D eigenvalue weighted by atomic mass is 32.2. The highest BCUT2D eigenvalue weighted by Gasteiger charge is 2.55. The Kier molecular flexibility index (Phi) is 3.01. The van der Waals surface area contributed by atoms with Crippen LogP contribution in [-0.4, -0.2) is 36.8 Å². The maximum Gasteiger partial charge on any atom is 0.317 e. The summed E-state index contributed by atoms with van der Waals surface area (Å²) in [6.45, 7) is 0. The Morgan fingerprint density at radius 3 is 2.53 bits per heavy atom. The first-order chi connectivity index (χ1) is 7.88. The second-order valence-electron chi connectivity index (χ2n) is 5.01. The second-order valence-corrected chi connectivity index (χ2v) is 7.24. The van der Waals surface area contributed by atoms with Gasteiger partial charge < -0.3 is 5.11 Å². The smallest absolute Gasteiger partial charge is 0.317 e. The Labute approximate surface area is 100 Å². The van der Waals surface area contributed by atoms with E-state index in [4.69, 9.17) is 0 Å². The predicted octanol–water partition coefficient (Wildman–Crippen LogP) is 0.635. The predicted molar refractivity (Wildman–Crippen MR) is 60.3 cm³/mol. The molecule has 1 aliphatic heterocycles. The Hall–Kier alpha value is -0.910. The van der Waals surface area contributed by atoms with Crippen LogP contribution in [-0.2, 0) is 19.4 Å². The Balaban J connectivity index is 2.35. The van der Waals surface area contributed by atoms with Crippen LogP contribution in [0.25, 0.3) is 0 Å². The molecule has 2 fully saturated rings. The minimum Gasteiger partial charge on any atom is -0.480 e. The molecule has 6 heteroatoms. The summed E-state index contributed by atoms with van der Waals surface area (Å²) in [7, 11) is -3.16. The number of Topliss-reactive ketones (excluding diaryl/α,β-unsaturated/α-hetero) is 1. The molecule has 0 bridgehead atoms. The third-order valence-corrected chi connectivity index (χ3v) is 5.80. The fourth-order valence-electron chi connectivity index (χ4n) is 3.07. The number of sulfone groups is 1. The standard InChI is InChI=1S/C11H16O5S/c12-9-3-1-2-5-11(9,10(13)14)8-4-6-17(15,16)7-8/h8H,1-7H2,(H,13,14). The molecule has 1 saturated carbocycles. The molecule has 2 aliphatic rings. The van der Waals surface area contributed by atoms with Crippen molar-refractivity contribution in [2.75, 3.05) is 11.5 Å². The van der Waals surface area contributed by atoms with Gasteiger partial charge in [0.25, 0.3) is 0 Å². The molecule has 96 valence electrons. The minimum atomic E-state index is -3.16. The van der Waals surface area contributed by atoms with Gasteiger partial charge in [-0.2, -0.15) is 0 Å². The first kappa shape index (κ1) is 12.5. The lowest BCUT2D eigenvalue weighted by Crippen LogP contribution is -2.48. The summed E-state index contributed by atoms with van der Waals surface area (Å²) in [4.78, 5) is 23.4. The van der Waals surface area contributed by atoms with E-state index in [2.05, 4.69) is 0 Å². The summed E-state index contributed by atoms with van der Waals surface area (Å²) in [5.74, 6) is -2.08. The molecule has 1 aliphatic carbocycles. The van der Waals surface area contributed by atoms with E-state index in [9.17, 15) is 23.1 Å². The third-order valence-electron chi connectivity index (χ3n) is 4.03. The summed E-state index contributed by atoms with van der Waals surface area (Å²) >= 11 is 0. The van der Waals surface area contributed by atoms with Gasteiger partial charge in [0.15, 0.2) is 9.84 Å². The molecule has 2 rings (SSSR count). The van der Waals surface area contributed by atoms with Crippen molar-refractivity contribution in [2.45, 2.75) is 32.1 Å². The van der Waals surface area contributed by atoms with Crippen LogP contribution in [0.5, 0.6) is 0 Å². The molecule has 0 radical (unpaired) electrons. The number of hydrogen-bond acceptors (Lipinski definition) is 4. The maximum absolute atomic E-state index is 12.0. The first-order valence-electron chi connectivity index (χ1n) is 5.85. The quantitative estimate of drug-likeness (QED) is 0.736. The molecule has 0 aromatic carbocycles. The molecule has 1 N–H and O–H groups in total. The van der Waals surface area contributed by atoms with Crippen LogP contribution >= 0.6 is 0 Å². The summed E-state index contributed by atoms with van der Waals surface area (Å²) in [6, 6.07) is 0. The highest BCUT2D eigenvalue weighted by molar-refractivity contribution is 7.91. The number of carboxylic acids is 1. The van der Waals surface area contributed by atoms with Crippen LogP contribution < -0.4 is 0 Å². The van der Waals surface area contributed by atoms with Crippen LogP contribution in [0, 0.1) is 11.3 Å². The van der Waals surface area contributed by atoms with E-state index in [-0.39, 0.29) is 23.7 Å². The summed E-state index contributed by atoms with van der Waals surface area (Å²) < 4.78 is 22.9. The van der Waals surface area contributed by atoms with Crippen molar-refractivity contribution >= 4 is 21.6 Å². The van der Waals surface area contributed by atoms with Gasteiger partial charge in [0.2, 0.25) is 0 Å². The molecule has 0 spiro atoms. The molecule has 17 heavy (non-hydrogen) atoms. The van der Waals surface area contributed by atoms with E-state index in [0.717, 1.165) is 0 Å². The van der Waals surface area contributed by atoms with E-state index >= 15 is 0 Å². The zero-order chi connectivity index (χ0) is 12.7. The lowest BCUT2D eigenvalue weighted by molar-refractivity contribution is -0.161. The number of carboxylic acid groups (broad SMARTS) is 1. The summed E-state index contributed by atoms with van der Waals surface area (Å²) in [5, 5.41) is 9.37. The van der Waals surface area contributed by atoms with E-state index in [0.29, 0.717) is 25.7 Å². The highest BCUT2D eigenvalue weighted by Crippen LogP contribution is 2.44. The van der Waals surface area contributed by atoms with Gasteiger partial charge in [-0.25, -0.2) is 8.42 Å².